The van der Waals surface area contributed by atoms with E-state index >= 15 is 0 Å². The van der Waals surface area contributed by atoms with Crippen molar-refractivity contribution in [2.24, 2.45) is 11.7 Å². The van der Waals surface area contributed by atoms with Crippen LogP contribution in [0, 0.1) is 11.7 Å². The molecule has 1 heterocycles. The highest BCUT2D eigenvalue weighted by Gasteiger charge is 2.32. The fourth-order valence-electron chi connectivity index (χ4n) is 3.61. The predicted octanol–water partition coefficient (Wildman–Crippen LogP) is 1.18. The van der Waals surface area contributed by atoms with Crippen molar-refractivity contribution in [1.82, 2.24) is 9.21 Å². The van der Waals surface area contributed by atoms with Crippen LogP contribution in [0.15, 0.2) is 29.2 Å². The molecule has 1 aromatic carbocycles. The van der Waals surface area contributed by atoms with Crippen LogP contribution in [0.4, 0.5) is 4.39 Å². The number of rotatable bonds is 4. The molecule has 2 N–H and O–H groups in total. The first-order chi connectivity index (χ1) is 11.9. The van der Waals surface area contributed by atoms with E-state index in [0.717, 1.165) is 31.4 Å². The highest BCUT2D eigenvalue weighted by Crippen LogP contribution is 2.27. The third kappa shape index (κ3) is 4.02. The van der Waals surface area contributed by atoms with Crippen LogP contribution in [0.25, 0.3) is 0 Å². The summed E-state index contributed by atoms with van der Waals surface area (Å²) in [6, 6.07) is 4.91. The van der Waals surface area contributed by atoms with Crippen molar-refractivity contribution < 1.29 is 17.6 Å². The molecule has 1 aromatic rings. The zero-order valence-electron chi connectivity index (χ0n) is 14.1. The Morgan fingerprint density at radius 1 is 1.12 bits per heavy atom. The summed E-state index contributed by atoms with van der Waals surface area (Å²) in [7, 11) is -3.65. The number of nitrogens with two attached hydrogens (primary N) is 1. The van der Waals surface area contributed by atoms with Gasteiger partial charge in [-0.15, -0.1) is 0 Å². The van der Waals surface area contributed by atoms with Crippen molar-refractivity contribution in [3.63, 3.8) is 0 Å². The fourth-order valence-corrected chi connectivity index (χ4v) is 5.03. The number of carbonyl (C=O) groups excluding carboxylic acids is 1. The van der Waals surface area contributed by atoms with Gasteiger partial charge in [0.2, 0.25) is 15.9 Å². The lowest BCUT2D eigenvalue weighted by atomic mass is 9.99. The average Bonchev–Trinajstić information content (AvgIpc) is 3.00. The Kier molecular flexibility index (Phi) is 5.41. The molecule has 25 heavy (non-hydrogen) atoms. The van der Waals surface area contributed by atoms with Crippen LogP contribution < -0.4 is 5.73 Å². The van der Waals surface area contributed by atoms with E-state index in [9.17, 15) is 17.6 Å². The molecule has 2 aliphatic rings. The Labute approximate surface area is 147 Å². The number of nitrogens with zero attached hydrogens (tertiary/aromatic N) is 2. The summed E-state index contributed by atoms with van der Waals surface area (Å²) in [6.07, 6.45) is 3.49. The molecule has 3 rings (SSSR count). The summed E-state index contributed by atoms with van der Waals surface area (Å²) in [4.78, 5) is 14.2. The number of carbonyl (C=O) groups is 1. The molecule has 0 radical (unpaired) electrons. The normalized spacial score (nSPS) is 25.3. The van der Waals surface area contributed by atoms with E-state index in [4.69, 9.17) is 5.73 Å². The van der Waals surface area contributed by atoms with E-state index < -0.39 is 15.8 Å². The summed E-state index contributed by atoms with van der Waals surface area (Å²) < 4.78 is 39.5. The van der Waals surface area contributed by atoms with Crippen LogP contribution in [-0.2, 0) is 14.8 Å². The van der Waals surface area contributed by atoms with Crippen LogP contribution in [0.5, 0.6) is 0 Å². The van der Waals surface area contributed by atoms with Gasteiger partial charge in [-0.2, -0.15) is 4.31 Å². The van der Waals surface area contributed by atoms with Crippen LogP contribution in [0.1, 0.15) is 25.7 Å². The average molecular weight is 369 g/mol. The molecule has 8 heteroatoms. The van der Waals surface area contributed by atoms with Crippen LogP contribution >= 0.6 is 0 Å². The summed E-state index contributed by atoms with van der Waals surface area (Å²) in [5.74, 6) is -0.172. The Hall–Kier alpha value is -1.51. The predicted molar refractivity (Wildman–Crippen MR) is 91.7 cm³/mol. The van der Waals surface area contributed by atoms with E-state index in [1.807, 2.05) is 0 Å². The maximum absolute atomic E-state index is 13.0. The fraction of sp³-hybridized carbons (Fsp3) is 0.588. The van der Waals surface area contributed by atoms with Crippen molar-refractivity contribution >= 4 is 15.9 Å². The zero-order valence-corrected chi connectivity index (χ0v) is 14.9. The van der Waals surface area contributed by atoms with Crippen molar-refractivity contribution in [2.75, 3.05) is 26.2 Å². The number of hydrogen-bond donors (Lipinski definition) is 1. The molecule has 0 bridgehead atoms. The van der Waals surface area contributed by atoms with Gasteiger partial charge in [0.1, 0.15) is 5.82 Å². The number of piperazine rings is 1. The van der Waals surface area contributed by atoms with Gasteiger partial charge in [0, 0.05) is 38.6 Å². The van der Waals surface area contributed by atoms with Gasteiger partial charge in [-0.1, -0.05) is 6.42 Å². The molecule has 1 aliphatic heterocycles. The third-order valence-electron chi connectivity index (χ3n) is 5.20. The number of halogens is 1. The van der Waals surface area contributed by atoms with E-state index in [1.54, 1.807) is 4.90 Å². The smallest absolute Gasteiger partial charge is 0.243 e. The lowest BCUT2D eigenvalue weighted by Gasteiger charge is -2.34. The standard InChI is InChI=1S/C17H24FN3O3S/c18-14-4-6-15(7-5-14)25(23,24)21-10-8-20(9-11-21)17(22)12-13-2-1-3-16(13)19/h4-7,13,16H,1-3,8-12,19H2/t13-,16+/m0/s1. The lowest BCUT2D eigenvalue weighted by molar-refractivity contribution is -0.133. The molecule has 2 fully saturated rings. The molecule has 1 saturated carbocycles. The minimum absolute atomic E-state index is 0.0566. The minimum atomic E-state index is -3.65. The first kappa shape index (κ1) is 18.3. The molecule has 0 unspecified atom stereocenters. The molecule has 0 aromatic heterocycles. The maximum atomic E-state index is 13.0. The van der Waals surface area contributed by atoms with E-state index in [2.05, 4.69) is 0 Å². The SMILES string of the molecule is N[C@@H]1CCC[C@H]1CC(=O)N1CCN(S(=O)(=O)c2ccc(F)cc2)CC1. The second-order valence-corrected chi connectivity index (χ2v) is 8.74. The number of amides is 1. The van der Waals surface area contributed by atoms with Gasteiger partial charge in [-0.25, -0.2) is 12.8 Å². The highest BCUT2D eigenvalue weighted by atomic mass is 32.2. The number of benzene rings is 1. The van der Waals surface area contributed by atoms with Crippen molar-refractivity contribution in [2.45, 2.75) is 36.6 Å². The van der Waals surface area contributed by atoms with Gasteiger partial charge >= 0.3 is 0 Å². The van der Waals surface area contributed by atoms with E-state index in [1.165, 1.54) is 16.4 Å². The van der Waals surface area contributed by atoms with Crippen molar-refractivity contribution in [3.8, 4) is 0 Å². The van der Waals surface area contributed by atoms with Crippen LogP contribution in [0.3, 0.4) is 0 Å². The quantitative estimate of drug-likeness (QED) is 0.864. The molecule has 1 amide bonds. The van der Waals surface area contributed by atoms with Crippen molar-refractivity contribution in [1.29, 1.82) is 0 Å². The first-order valence-corrected chi connectivity index (χ1v) is 10.1. The molecule has 1 saturated heterocycles. The maximum Gasteiger partial charge on any atom is 0.243 e. The molecule has 0 spiro atoms. The largest absolute Gasteiger partial charge is 0.340 e. The molecule has 6 nitrogen and oxygen atoms in total. The van der Waals surface area contributed by atoms with Gasteiger partial charge in [-0.3, -0.25) is 4.79 Å². The summed E-state index contributed by atoms with van der Waals surface area (Å²) in [5.41, 5.74) is 6.03. The van der Waals surface area contributed by atoms with E-state index in [-0.39, 0.29) is 35.9 Å². The second kappa shape index (κ2) is 7.39. The molecule has 1 aliphatic carbocycles. The molecule has 2 atom stereocenters. The molecule has 138 valence electrons. The Bertz CT molecular complexity index is 715. The Morgan fingerprint density at radius 3 is 2.32 bits per heavy atom. The van der Waals surface area contributed by atoms with Crippen LogP contribution in [0.2, 0.25) is 0 Å². The van der Waals surface area contributed by atoms with Crippen molar-refractivity contribution in [3.05, 3.63) is 30.1 Å². The zero-order chi connectivity index (χ0) is 18.0. The molecular weight excluding hydrogens is 345 g/mol. The van der Waals surface area contributed by atoms with Gasteiger partial charge in [0.15, 0.2) is 0 Å². The van der Waals surface area contributed by atoms with Gasteiger partial charge in [0.25, 0.3) is 0 Å². The summed E-state index contributed by atoms with van der Waals surface area (Å²) in [5, 5.41) is 0. The monoisotopic (exact) mass is 369 g/mol. The van der Waals surface area contributed by atoms with Gasteiger partial charge in [0.05, 0.1) is 4.90 Å². The number of sulfonamides is 1. The first-order valence-electron chi connectivity index (χ1n) is 8.67. The van der Waals surface area contributed by atoms with E-state index in [0.29, 0.717) is 19.5 Å². The summed E-state index contributed by atoms with van der Waals surface area (Å²) >= 11 is 0. The third-order valence-corrected chi connectivity index (χ3v) is 7.11. The van der Waals surface area contributed by atoms with Gasteiger partial charge < -0.3 is 10.6 Å². The van der Waals surface area contributed by atoms with Crippen LogP contribution in [-0.4, -0.2) is 55.8 Å². The molecular formula is C17H24FN3O3S. The topological polar surface area (TPSA) is 83.7 Å². The lowest BCUT2D eigenvalue weighted by Crippen LogP contribution is -2.51. The second-order valence-electron chi connectivity index (χ2n) is 6.80. The highest BCUT2D eigenvalue weighted by molar-refractivity contribution is 7.89. The number of hydrogen-bond acceptors (Lipinski definition) is 4. The summed E-state index contributed by atoms with van der Waals surface area (Å²) in [6.45, 7) is 1.26. The Balaban J connectivity index is 1.57. The minimum Gasteiger partial charge on any atom is -0.340 e. The Morgan fingerprint density at radius 2 is 1.76 bits per heavy atom. The van der Waals surface area contributed by atoms with Gasteiger partial charge in [-0.05, 0) is 43.0 Å².